The van der Waals surface area contributed by atoms with Gasteiger partial charge in [-0.3, -0.25) is 0 Å². The number of urea groups is 1. The van der Waals surface area contributed by atoms with Gasteiger partial charge in [-0.05, 0) is 34.3 Å². The van der Waals surface area contributed by atoms with E-state index in [4.69, 9.17) is 0 Å². The quantitative estimate of drug-likeness (QED) is 0.863. The van der Waals surface area contributed by atoms with E-state index < -0.39 is 0 Å². The monoisotopic (exact) mass is 262 g/mol. The summed E-state index contributed by atoms with van der Waals surface area (Å²) < 4.78 is 1.05. The zero-order chi connectivity index (χ0) is 9.68. The predicted octanol–water partition coefficient (Wildman–Crippen LogP) is 2.33. The molecule has 2 N–H and O–H groups in total. The van der Waals surface area contributed by atoms with Crippen molar-refractivity contribution in [1.29, 1.82) is 0 Å². The summed E-state index contributed by atoms with van der Waals surface area (Å²) in [5, 5.41) is 7.41. The maximum Gasteiger partial charge on any atom is 0.315 e. The van der Waals surface area contributed by atoms with Gasteiger partial charge in [0, 0.05) is 15.9 Å². The van der Waals surface area contributed by atoms with Gasteiger partial charge in [-0.2, -0.15) is 0 Å². The Balaban J connectivity index is 2.35. The summed E-state index contributed by atoms with van der Waals surface area (Å²) in [6, 6.07) is 1.85. The molecule has 2 amide bonds. The van der Waals surface area contributed by atoms with Crippen LogP contribution in [0.2, 0.25) is 0 Å². The summed E-state index contributed by atoms with van der Waals surface area (Å²) >= 11 is 5.01. The molecule has 1 heterocycles. The maximum atomic E-state index is 11.0. The van der Waals surface area contributed by atoms with E-state index in [-0.39, 0.29) is 6.03 Å². The number of carbonyl (C=O) groups excluding carboxylic acids is 1. The zero-order valence-electron chi connectivity index (χ0n) is 7.26. The molecule has 0 unspecified atom stereocenters. The molecule has 0 fully saturated rings. The van der Waals surface area contributed by atoms with E-state index in [1.165, 1.54) is 0 Å². The van der Waals surface area contributed by atoms with E-state index >= 15 is 0 Å². The highest BCUT2D eigenvalue weighted by atomic mass is 79.9. The lowest BCUT2D eigenvalue weighted by atomic mass is 10.5. The summed E-state index contributed by atoms with van der Waals surface area (Å²) in [5.74, 6) is 0. The lowest BCUT2D eigenvalue weighted by Crippen LogP contribution is -2.34. The number of halogens is 1. The first kappa shape index (κ1) is 10.5. The first-order valence-corrected chi connectivity index (χ1v) is 5.65. The van der Waals surface area contributed by atoms with Crippen LogP contribution >= 0.6 is 27.3 Å². The van der Waals surface area contributed by atoms with Gasteiger partial charge >= 0.3 is 6.03 Å². The molecule has 0 aliphatic carbocycles. The van der Waals surface area contributed by atoms with Crippen molar-refractivity contribution in [2.45, 2.75) is 13.5 Å². The fraction of sp³-hybridized carbons (Fsp3) is 0.375. The Hall–Kier alpha value is -0.550. The molecule has 1 aromatic heterocycles. The average Bonchev–Trinajstić information content (AvgIpc) is 2.48. The van der Waals surface area contributed by atoms with Crippen molar-refractivity contribution in [3.8, 4) is 0 Å². The van der Waals surface area contributed by atoms with Crippen LogP contribution in [0.1, 0.15) is 11.8 Å². The van der Waals surface area contributed by atoms with Crippen LogP contribution in [-0.4, -0.2) is 12.6 Å². The lowest BCUT2D eigenvalue weighted by Gasteiger charge is -2.03. The third kappa shape index (κ3) is 3.36. The van der Waals surface area contributed by atoms with Crippen LogP contribution in [0.25, 0.3) is 0 Å². The van der Waals surface area contributed by atoms with E-state index in [9.17, 15) is 4.79 Å². The Morgan fingerprint density at radius 2 is 2.38 bits per heavy atom. The first-order chi connectivity index (χ1) is 6.24. The van der Waals surface area contributed by atoms with Crippen molar-refractivity contribution in [2.24, 2.45) is 0 Å². The molecule has 0 saturated carbocycles. The summed E-state index contributed by atoms with van der Waals surface area (Å²) in [6.07, 6.45) is 0. The summed E-state index contributed by atoms with van der Waals surface area (Å²) in [6.45, 7) is 3.11. The highest BCUT2D eigenvalue weighted by Crippen LogP contribution is 2.21. The van der Waals surface area contributed by atoms with Crippen molar-refractivity contribution >= 4 is 33.3 Å². The minimum atomic E-state index is -0.122. The van der Waals surface area contributed by atoms with Gasteiger partial charge in [0.1, 0.15) is 0 Å². The Kier molecular flexibility index (Phi) is 4.24. The standard InChI is InChI=1S/C8H11BrN2OS/c1-2-10-8(12)11-5-7-6(9)3-4-13-7/h3-4H,2,5H2,1H3,(H2,10,11,12). The van der Waals surface area contributed by atoms with Crippen molar-refractivity contribution in [3.05, 3.63) is 20.8 Å². The second-order valence-electron chi connectivity index (χ2n) is 2.40. The van der Waals surface area contributed by atoms with Crippen LogP contribution in [0.4, 0.5) is 4.79 Å². The first-order valence-electron chi connectivity index (χ1n) is 3.97. The Labute approximate surface area is 89.7 Å². The number of nitrogens with one attached hydrogen (secondary N) is 2. The van der Waals surface area contributed by atoms with Crippen molar-refractivity contribution in [1.82, 2.24) is 10.6 Å². The van der Waals surface area contributed by atoms with Gasteiger partial charge in [-0.1, -0.05) is 0 Å². The maximum absolute atomic E-state index is 11.0. The van der Waals surface area contributed by atoms with Gasteiger partial charge < -0.3 is 10.6 Å². The molecule has 0 aliphatic rings. The van der Waals surface area contributed by atoms with Gasteiger partial charge in [-0.15, -0.1) is 11.3 Å². The van der Waals surface area contributed by atoms with E-state index in [2.05, 4.69) is 26.6 Å². The van der Waals surface area contributed by atoms with Crippen LogP contribution in [0.15, 0.2) is 15.9 Å². The third-order valence-electron chi connectivity index (χ3n) is 1.44. The molecular formula is C8H11BrN2OS. The van der Waals surface area contributed by atoms with Crippen molar-refractivity contribution in [3.63, 3.8) is 0 Å². The number of thiophene rings is 1. The molecule has 0 spiro atoms. The fourth-order valence-electron chi connectivity index (χ4n) is 0.835. The highest BCUT2D eigenvalue weighted by Gasteiger charge is 2.02. The van der Waals surface area contributed by atoms with Crippen molar-refractivity contribution < 1.29 is 4.79 Å². The number of rotatable bonds is 3. The smallest absolute Gasteiger partial charge is 0.315 e. The number of carbonyl (C=O) groups is 1. The molecule has 0 radical (unpaired) electrons. The molecule has 0 aromatic carbocycles. The molecule has 1 aromatic rings. The Morgan fingerprint density at radius 1 is 1.62 bits per heavy atom. The molecular weight excluding hydrogens is 252 g/mol. The molecule has 0 atom stereocenters. The van der Waals surface area contributed by atoms with Gasteiger partial charge in [0.25, 0.3) is 0 Å². The van der Waals surface area contributed by atoms with Crippen LogP contribution in [0, 0.1) is 0 Å². The third-order valence-corrected chi connectivity index (χ3v) is 3.36. The Bertz CT molecular complexity index is 287. The van der Waals surface area contributed by atoms with E-state index in [1.807, 2.05) is 18.4 Å². The molecule has 5 heteroatoms. The van der Waals surface area contributed by atoms with Crippen LogP contribution in [0.5, 0.6) is 0 Å². The normalized spacial score (nSPS) is 9.69. The summed E-state index contributed by atoms with van der Waals surface area (Å²) in [4.78, 5) is 12.1. The number of hydrogen-bond donors (Lipinski definition) is 2. The minimum Gasteiger partial charge on any atom is -0.338 e. The lowest BCUT2D eigenvalue weighted by molar-refractivity contribution is 0.241. The summed E-state index contributed by atoms with van der Waals surface area (Å²) in [5.41, 5.74) is 0. The van der Waals surface area contributed by atoms with Gasteiger partial charge in [0.2, 0.25) is 0 Å². The number of amides is 2. The SMILES string of the molecule is CCNC(=O)NCc1sccc1Br. The van der Waals surface area contributed by atoms with Crippen LogP contribution in [-0.2, 0) is 6.54 Å². The molecule has 0 bridgehead atoms. The van der Waals surface area contributed by atoms with E-state index in [1.54, 1.807) is 11.3 Å². The van der Waals surface area contributed by atoms with Gasteiger partial charge in [0.15, 0.2) is 0 Å². The van der Waals surface area contributed by atoms with Crippen LogP contribution in [0.3, 0.4) is 0 Å². The molecule has 1 rings (SSSR count). The second-order valence-corrected chi connectivity index (χ2v) is 4.26. The van der Waals surface area contributed by atoms with E-state index in [0.717, 1.165) is 9.35 Å². The highest BCUT2D eigenvalue weighted by molar-refractivity contribution is 9.10. The average molecular weight is 263 g/mol. The molecule has 0 saturated heterocycles. The number of hydrogen-bond acceptors (Lipinski definition) is 2. The molecule has 13 heavy (non-hydrogen) atoms. The minimum absolute atomic E-state index is 0.122. The van der Waals surface area contributed by atoms with Crippen LogP contribution < -0.4 is 10.6 Å². The summed E-state index contributed by atoms with van der Waals surface area (Å²) in [7, 11) is 0. The predicted molar refractivity (Wildman–Crippen MR) is 57.9 cm³/mol. The van der Waals surface area contributed by atoms with Crippen molar-refractivity contribution in [2.75, 3.05) is 6.54 Å². The molecule has 0 aliphatic heterocycles. The topological polar surface area (TPSA) is 41.1 Å². The Morgan fingerprint density at radius 3 is 2.92 bits per heavy atom. The zero-order valence-corrected chi connectivity index (χ0v) is 9.67. The molecule has 3 nitrogen and oxygen atoms in total. The largest absolute Gasteiger partial charge is 0.338 e. The molecule has 72 valence electrons. The fourth-order valence-corrected chi connectivity index (χ4v) is 2.27. The van der Waals surface area contributed by atoms with Gasteiger partial charge in [-0.25, -0.2) is 4.79 Å². The van der Waals surface area contributed by atoms with E-state index in [0.29, 0.717) is 13.1 Å². The van der Waals surface area contributed by atoms with Gasteiger partial charge in [0.05, 0.1) is 6.54 Å². The second kappa shape index (κ2) is 5.24.